The number of ketones is 1. The van der Waals surface area contributed by atoms with Gasteiger partial charge in [0.1, 0.15) is 5.75 Å². The predicted molar refractivity (Wildman–Crippen MR) is 72.5 cm³/mol. The van der Waals surface area contributed by atoms with Gasteiger partial charge in [-0.2, -0.15) is 0 Å². The van der Waals surface area contributed by atoms with Crippen LogP contribution in [0.25, 0.3) is 0 Å². The molecule has 3 heteroatoms. The standard InChI is InChI=1S/C16H15NO2/c18-15(11-12-6-8-17-9-7-12)14-5-1-3-13-4-2-10-19-16(13)14/h1,3,5-9H,2,4,10-11H2. The fourth-order valence-electron chi connectivity index (χ4n) is 2.39. The molecule has 0 spiro atoms. The number of Topliss-reactive ketones (excluding diaryl/α,β-unsaturated/α-hetero) is 1. The monoisotopic (exact) mass is 253 g/mol. The normalized spacial score (nSPS) is 13.5. The van der Waals surface area contributed by atoms with Crippen LogP contribution in [0.5, 0.6) is 5.75 Å². The number of carbonyl (C=O) groups is 1. The van der Waals surface area contributed by atoms with Gasteiger partial charge < -0.3 is 4.74 Å². The van der Waals surface area contributed by atoms with Gasteiger partial charge in [-0.25, -0.2) is 0 Å². The van der Waals surface area contributed by atoms with Gasteiger partial charge in [-0.05, 0) is 42.2 Å². The molecule has 0 radical (unpaired) electrons. The van der Waals surface area contributed by atoms with E-state index in [2.05, 4.69) is 4.98 Å². The van der Waals surface area contributed by atoms with E-state index >= 15 is 0 Å². The van der Waals surface area contributed by atoms with Crippen LogP contribution < -0.4 is 4.74 Å². The Morgan fingerprint density at radius 2 is 2.05 bits per heavy atom. The fraction of sp³-hybridized carbons (Fsp3) is 0.250. The summed E-state index contributed by atoms with van der Waals surface area (Å²) in [5.74, 6) is 0.887. The molecule has 0 unspecified atom stereocenters. The maximum atomic E-state index is 12.4. The average molecular weight is 253 g/mol. The van der Waals surface area contributed by atoms with Crippen LogP contribution in [0.15, 0.2) is 42.7 Å². The van der Waals surface area contributed by atoms with Crippen LogP contribution in [-0.2, 0) is 12.8 Å². The van der Waals surface area contributed by atoms with Crippen molar-refractivity contribution in [3.8, 4) is 5.75 Å². The van der Waals surface area contributed by atoms with Gasteiger partial charge in [-0.3, -0.25) is 9.78 Å². The lowest BCUT2D eigenvalue weighted by Crippen LogP contribution is -2.14. The van der Waals surface area contributed by atoms with Gasteiger partial charge in [0.2, 0.25) is 0 Å². The number of hydrogen-bond acceptors (Lipinski definition) is 3. The molecule has 2 aromatic rings. The number of aryl methyl sites for hydroxylation is 1. The molecule has 0 bridgehead atoms. The van der Waals surface area contributed by atoms with Gasteiger partial charge in [-0.1, -0.05) is 12.1 Å². The molecule has 3 nitrogen and oxygen atoms in total. The summed E-state index contributed by atoms with van der Waals surface area (Å²) < 4.78 is 5.68. The van der Waals surface area contributed by atoms with Crippen molar-refractivity contribution >= 4 is 5.78 Å². The smallest absolute Gasteiger partial charge is 0.170 e. The van der Waals surface area contributed by atoms with Gasteiger partial charge in [0.25, 0.3) is 0 Å². The summed E-state index contributed by atoms with van der Waals surface area (Å²) in [7, 11) is 0. The maximum absolute atomic E-state index is 12.4. The summed E-state index contributed by atoms with van der Waals surface area (Å²) in [5.41, 5.74) is 2.83. The zero-order valence-corrected chi connectivity index (χ0v) is 10.6. The number of benzene rings is 1. The van der Waals surface area contributed by atoms with Crippen LogP contribution in [0.2, 0.25) is 0 Å². The predicted octanol–water partition coefficient (Wildman–Crippen LogP) is 2.83. The zero-order chi connectivity index (χ0) is 13.1. The van der Waals surface area contributed by atoms with Gasteiger partial charge in [0.05, 0.1) is 12.2 Å². The van der Waals surface area contributed by atoms with Crippen LogP contribution in [0.3, 0.4) is 0 Å². The lowest BCUT2D eigenvalue weighted by Gasteiger charge is -2.19. The second-order valence-electron chi connectivity index (χ2n) is 4.70. The van der Waals surface area contributed by atoms with E-state index in [1.807, 2.05) is 30.3 Å². The molecule has 0 saturated carbocycles. The number of carbonyl (C=O) groups excluding carboxylic acids is 1. The highest BCUT2D eigenvalue weighted by Gasteiger charge is 2.18. The fourth-order valence-corrected chi connectivity index (χ4v) is 2.39. The number of para-hydroxylation sites is 1. The molecule has 19 heavy (non-hydrogen) atoms. The van der Waals surface area contributed by atoms with Crippen molar-refractivity contribution < 1.29 is 9.53 Å². The van der Waals surface area contributed by atoms with Crippen LogP contribution in [0.4, 0.5) is 0 Å². The molecule has 0 amide bonds. The van der Waals surface area contributed by atoms with Gasteiger partial charge in [-0.15, -0.1) is 0 Å². The minimum Gasteiger partial charge on any atom is -0.493 e. The quantitative estimate of drug-likeness (QED) is 0.790. The summed E-state index contributed by atoms with van der Waals surface area (Å²) in [6.45, 7) is 0.701. The van der Waals surface area contributed by atoms with Crippen molar-refractivity contribution in [1.82, 2.24) is 4.98 Å². The lowest BCUT2D eigenvalue weighted by atomic mass is 9.97. The van der Waals surface area contributed by atoms with Crippen LogP contribution >= 0.6 is 0 Å². The molecule has 3 rings (SSSR count). The third-order valence-corrected chi connectivity index (χ3v) is 3.35. The topological polar surface area (TPSA) is 39.2 Å². The molecular formula is C16H15NO2. The summed E-state index contributed by atoms with van der Waals surface area (Å²) >= 11 is 0. The highest BCUT2D eigenvalue weighted by molar-refractivity contribution is 6.00. The Bertz CT molecular complexity index is 593. The molecule has 0 atom stereocenters. The van der Waals surface area contributed by atoms with Crippen molar-refractivity contribution in [2.45, 2.75) is 19.3 Å². The number of aromatic nitrogens is 1. The van der Waals surface area contributed by atoms with E-state index in [4.69, 9.17) is 4.74 Å². The Morgan fingerprint density at radius 1 is 1.21 bits per heavy atom. The first-order valence-corrected chi connectivity index (χ1v) is 6.51. The molecule has 1 aromatic heterocycles. The molecule has 96 valence electrons. The molecule has 1 aromatic carbocycles. The van der Waals surface area contributed by atoms with Crippen molar-refractivity contribution in [1.29, 1.82) is 0 Å². The van der Waals surface area contributed by atoms with Gasteiger partial charge in [0, 0.05) is 18.8 Å². The molecule has 0 saturated heterocycles. The van der Waals surface area contributed by atoms with E-state index in [9.17, 15) is 4.79 Å². The first-order valence-electron chi connectivity index (χ1n) is 6.51. The molecule has 1 aliphatic heterocycles. The number of fused-ring (bicyclic) bond motifs is 1. The molecule has 0 aliphatic carbocycles. The van der Waals surface area contributed by atoms with Crippen molar-refractivity contribution in [3.05, 3.63) is 59.4 Å². The Labute approximate surface area is 112 Å². The van der Waals surface area contributed by atoms with Gasteiger partial charge >= 0.3 is 0 Å². The number of hydrogen-bond donors (Lipinski definition) is 0. The molecular weight excluding hydrogens is 238 g/mol. The van der Waals surface area contributed by atoms with E-state index in [-0.39, 0.29) is 5.78 Å². The van der Waals surface area contributed by atoms with Crippen LogP contribution in [-0.4, -0.2) is 17.4 Å². The Hall–Kier alpha value is -2.16. The largest absolute Gasteiger partial charge is 0.493 e. The molecule has 0 fully saturated rings. The van der Waals surface area contributed by atoms with Crippen LogP contribution in [0, 0.1) is 0 Å². The minimum atomic E-state index is 0.102. The van der Waals surface area contributed by atoms with Crippen molar-refractivity contribution in [3.63, 3.8) is 0 Å². The second kappa shape index (κ2) is 5.22. The Balaban J connectivity index is 1.88. The summed E-state index contributed by atoms with van der Waals surface area (Å²) in [5, 5.41) is 0. The number of ether oxygens (including phenoxy) is 1. The first kappa shape index (κ1) is 11.9. The lowest BCUT2D eigenvalue weighted by molar-refractivity contribution is 0.0988. The van der Waals surface area contributed by atoms with E-state index in [0.717, 1.165) is 29.7 Å². The first-order chi connectivity index (χ1) is 9.34. The van der Waals surface area contributed by atoms with E-state index < -0.39 is 0 Å². The van der Waals surface area contributed by atoms with Crippen molar-refractivity contribution in [2.24, 2.45) is 0 Å². The summed E-state index contributed by atoms with van der Waals surface area (Å²) in [4.78, 5) is 16.3. The molecule has 2 heterocycles. The third kappa shape index (κ3) is 2.50. The number of rotatable bonds is 3. The minimum absolute atomic E-state index is 0.102. The highest BCUT2D eigenvalue weighted by Crippen LogP contribution is 2.29. The molecule has 1 aliphatic rings. The van der Waals surface area contributed by atoms with Crippen molar-refractivity contribution in [2.75, 3.05) is 6.61 Å². The maximum Gasteiger partial charge on any atom is 0.170 e. The third-order valence-electron chi connectivity index (χ3n) is 3.35. The summed E-state index contributed by atoms with van der Waals surface area (Å²) in [6, 6.07) is 9.57. The Kier molecular flexibility index (Phi) is 3.27. The second-order valence-corrected chi connectivity index (χ2v) is 4.70. The van der Waals surface area contributed by atoms with E-state index in [1.165, 1.54) is 0 Å². The summed E-state index contributed by atoms with van der Waals surface area (Å²) in [6.07, 6.45) is 5.82. The van der Waals surface area contributed by atoms with Gasteiger partial charge in [0.15, 0.2) is 5.78 Å². The number of nitrogens with zero attached hydrogens (tertiary/aromatic N) is 1. The number of pyridine rings is 1. The average Bonchev–Trinajstić information content (AvgIpc) is 2.47. The highest BCUT2D eigenvalue weighted by atomic mass is 16.5. The molecule has 0 N–H and O–H groups in total. The van der Waals surface area contributed by atoms with E-state index in [1.54, 1.807) is 12.4 Å². The Morgan fingerprint density at radius 3 is 2.89 bits per heavy atom. The van der Waals surface area contributed by atoms with Crippen LogP contribution in [0.1, 0.15) is 27.9 Å². The van der Waals surface area contributed by atoms with E-state index in [0.29, 0.717) is 18.6 Å². The zero-order valence-electron chi connectivity index (χ0n) is 10.6. The SMILES string of the molecule is O=C(Cc1ccncc1)c1cccc2c1OCCC2.